The van der Waals surface area contributed by atoms with Gasteiger partial charge in [-0.2, -0.15) is 0 Å². The van der Waals surface area contributed by atoms with Crippen LogP contribution in [-0.2, 0) is 23.0 Å². The molecular formula is C18H21N3O3S. The van der Waals surface area contributed by atoms with E-state index in [9.17, 15) is 13.2 Å². The third-order valence-electron chi connectivity index (χ3n) is 4.37. The van der Waals surface area contributed by atoms with Crippen LogP contribution in [-0.4, -0.2) is 44.2 Å². The Kier molecular flexibility index (Phi) is 4.53. The highest BCUT2D eigenvalue weighted by molar-refractivity contribution is 7.89. The lowest BCUT2D eigenvalue weighted by atomic mass is 9.99. The Labute approximate surface area is 147 Å². The first-order valence-corrected chi connectivity index (χ1v) is 9.42. The Morgan fingerprint density at radius 2 is 1.80 bits per heavy atom. The van der Waals surface area contributed by atoms with Gasteiger partial charge in [-0.3, -0.25) is 4.79 Å². The Bertz CT molecular complexity index is 923. The molecule has 2 aromatic rings. The molecule has 2 aromatic carbocycles. The monoisotopic (exact) mass is 359 g/mol. The summed E-state index contributed by atoms with van der Waals surface area (Å²) in [6, 6.07) is 12.3. The molecule has 0 bridgehead atoms. The summed E-state index contributed by atoms with van der Waals surface area (Å²) in [6.45, 7) is 1.11. The van der Waals surface area contributed by atoms with E-state index in [1.165, 1.54) is 37.9 Å². The van der Waals surface area contributed by atoms with Crippen molar-refractivity contribution in [1.82, 2.24) is 9.21 Å². The normalized spacial score (nSPS) is 14.4. The number of hydrogen-bond acceptors (Lipinski definition) is 4. The van der Waals surface area contributed by atoms with Crippen molar-refractivity contribution in [3.8, 4) is 0 Å². The molecule has 7 heteroatoms. The van der Waals surface area contributed by atoms with Crippen molar-refractivity contribution in [1.29, 1.82) is 0 Å². The van der Waals surface area contributed by atoms with Crippen LogP contribution < -0.4 is 5.73 Å². The maximum absolute atomic E-state index is 12.9. The zero-order chi connectivity index (χ0) is 18.2. The predicted molar refractivity (Wildman–Crippen MR) is 96.6 cm³/mol. The van der Waals surface area contributed by atoms with Crippen molar-refractivity contribution in [2.24, 2.45) is 0 Å². The van der Waals surface area contributed by atoms with E-state index in [1.54, 1.807) is 4.90 Å². The Morgan fingerprint density at radius 3 is 2.48 bits per heavy atom. The van der Waals surface area contributed by atoms with E-state index >= 15 is 0 Å². The summed E-state index contributed by atoms with van der Waals surface area (Å²) >= 11 is 0. The Hall–Kier alpha value is -2.38. The molecule has 6 nitrogen and oxygen atoms in total. The van der Waals surface area contributed by atoms with Gasteiger partial charge in [0.25, 0.3) is 5.91 Å². The van der Waals surface area contributed by atoms with Gasteiger partial charge < -0.3 is 10.6 Å². The van der Waals surface area contributed by atoms with Crippen LogP contribution in [0.5, 0.6) is 0 Å². The fourth-order valence-electron chi connectivity index (χ4n) is 2.96. The third-order valence-corrected chi connectivity index (χ3v) is 6.17. The molecule has 1 heterocycles. The zero-order valence-corrected chi connectivity index (χ0v) is 15.1. The van der Waals surface area contributed by atoms with Crippen LogP contribution >= 0.6 is 0 Å². The van der Waals surface area contributed by atoms with Crippen molar-refractivity contribution in [2.75, 3.05) is 26.4 Å². The molecule has 0 radical (unpaired) electrons. The summed E-state index contributed by atoms with van der Waals surface area (Å²) in [5.74, 6) is -0.211. The standard InChI is InChI=1S/C18H21N3O3S/c1-20(2)25(23,24)17-10-15(9-16(19)11-17)18(22)21-8-7-13-5-3-4-6-14(13)12-21/h3-6,9-11H,7-8,12,19H2,1-2H3. The van der Waals surface area contributed by atoms with Crippen molar-refractivity contribution in [2.45, 2.75) is 17.9 Å². The van der Waals surface area contributed by atoms with Gasteiger partial charge in [0.1, 0.15) is 0 Å². The van der Waals surface area contributed by atoms with Crippen molar-refractivity contribution < 1.29 is 13.2 Å². The number of sulfonamides is 1. The largest absolute Gasteiger partial charge is 0.399 e. The number of benzene rings is 2. The molecule has 0 saturated heterocycles. The molecule has 0 atom stereocenters. The molecule has 0 aliphatic carbocycles. The topological polar surface area (TPSA) is 83.7 Å². The maximum atomic E-state index is 12.9. The molecule has 0 fully saturated rings. The van der Waals surface area contributed by atoms with Gasteiger partial charge in [0.2, 0.25) is 10.0 Å². The number of nitrogens with two attached hydrogens (primary N) is 1. The average molecular weight is 359 g/mol. The second-order valence-electron chi connectivity index (χ2n) is 6.32. The number of nitrogens with zero attached hydrogens (tertiary/aromatic N) is 2. The smallest absolute Gasteiger partial charge is 0.254 e. The van der Waals surface area contributed by atoms with Gasteiger partial charge in [-0.05, 0) is 35.7 Å². The average Bonchev–Trinajstić information content (AvgIpc) is 2.60. The van der Waals surface area contributed by atoms with Gasteiger partial charge in [-0.25, -0.2) is 12.7 Å². The number of carbonyl (C=O) groups excluding carboxylic acids is 1. The molecular weight excluding hydrogens is 338 g/mol. The highest BCUT2D eigenvalue weighted by Crippen LogP contribution is 2.23. The molecule has 0 aromatic heterocycles. The molecule has 1 aliphatic heterocycles. The van der Waals surface area contributed by atoms with Crippen LogP contribution in [0.15, 0.2) is 47.4 Å². The molecule has 1 amide bonds. The molecule has 3 rings (SSSR count). The molecule has 0 unspecified atom stereocenters. The highest BCUT2D eigenvalue weighted by atomic mass is 32.2. The van der Waals surface area contributed by atoms with Crippen LogP contribution in [0.25, 0.3) is 0 Å². The number of nitrogen functional groups attached to an aromatic ring is 1. The van der Waals surface area contributed by atoms with Crippen LogP contribution in [0, 0.1) is 0 Å². The van der Waals surface area contributed by atoms with E-state index in [0.29, 0.717) is 18.7 Å². The Balaban J connectivity index is 1.92. The van der Waals surface area contributed by atoms with E-state index < -0.39 is 10.0 Å². The first kappa shape index (κ1) is 17.4. The van der Waals surface area contributed by atoms with E-state index in [0.717, 1.165) is 16.3 Å². The fraction of sp³-hybridized carbons (Fsp3) is 0.278. The first-order chi connectivity index (χ1) is 11.8. The molecule has 2 N–H and O–H groups in total. The number of fused-ring (bicyclic) bond motifs is 1. The fourth-order valence-corrected chi connectivity index (χ4v) is 3.94. The van der Waals surface area contributed by atoms with Gasteiger partial charge in [-0.1, -0.05) is 24.3 Å². The summed E-state index contributed by atoms with van der Waals surface area (Å²) in [5, 5.41) is 0. The quantitative estimate of drug-likeness (QED) is 0.846. The summed E-state index contributed by atoms with van der Waals surface area (Å²) < 4.78 is 25.8. The minimum absolute atomic E-state index is 0.0262. The number of anilines is 1. The Morgan fingerprint density at radius 1 is 1.12 bits per heavy atom. The molecule has 0 spiro atoms. The second kappa shape index (κ2) is 6.50. The lowest BCUT2D eigenvalue weighted by molar-refractivity contribution is 0.0734. The number of carbonyl (C=O) groups is 1. The van der Waals surface area contributed by atoms with Gasteiger partial charge in [0.05, 0.1) is 4.90 Å². The molecule has 25 heavy (non-hydrogen) atoms. The van der Waals surface area contributed by atoms with E-state index in [1.807, 2.05) is 18.2 Å². The summed E-state index contributed by atoms with van der Waals surface area (Å²) in [4.78, 5) is 14.6. The van der Waals surface area contributed by atoms with Crippen LogP contribution in [0.4, 0.5) is 5.69 Å². The maximum Gasteiger partial charge on any atom is 0.254 e. The summed E-state index contributed by atoms with van der Waals surface area (Å²) in [6.07, 6.45) is 0.785. The van der Waals surface area contributed by atoms with E-state index in [4.69, 9.17) is 5.73 Å². The van der Waals surface area contributed by atoms with Crippen LogP contribution in [0.3, 0.4) is 0 Å². The lowest BCUT2D eigenvalue weighted by Crippen LogP contribution is -2.36. The molecule has 132 valence electrons. The lowest BCUT2D eigenvalue weighted by Gasteiger charge is -2.29. The van der Waals surface area contributed by atoms with Crippen molar-refractivity contribution >= 4 is 21.6 Å². The summed E-state index contributed by atoms with van der Waals surface area (Å²) in [5.41, 5.74) is 8.75. The van der Waals surface area contributed by atoms with Crippen LogP contribution in [0.1, 0.15) is 21.5 Å². The van der Waals surface area contributed by atoms with Gasteiger partial charge in [-0.15, -0.1) is 0 Å². The van der Waals surface area contributed by atoms with Gasteiger partial charge in [0.15, 0.2) is 0 Å². The summed E-state index contributed by atoms with van der Waals surface area (Å²) in [7, 11) is -0.760. The second-order valence-corrected chi connectivity index (χ2v) is 8.48. The molecule has 0 saturated carbocycles. The number of hydrogen-bond donors (Lipinski definition) is 1. The number of amides is 1. The molecule has 1 aliphatic rings. The number of rotatable bonds is 3. The first-order valence-electron chi connectivity index (χ1n) is 7.98. The predicted octanol–water partition coefficient (Wildman–Crippen LogP) is 1.72. The van der Waals surface area contributed by atoms with E-state index in [-0.39, 0.29) is 16.5 Å². The zero-order valence-electron chi connectivity index (χ0n) is 14.3. The van der Waals surface area contributed by atoms with Crippen LogP contribution in [0.2, 0.25) is 0 Å². The van der Waals surface area contributed by atoms with Crippen molar-refractivity contribution in [3.63, 3.8) is 0 Å². The third kappa shape index (κ3) is 3.38. The highest BCUT2D eigenvalue weighted by Gasteiger charge is 2.24. The van der Waals surface area contributed by atoms with Gasteiger partial charge in [0, 0.05) is 38.4 Å². The van der Waals surface area contributed by atoms with E-state index in [2.05, 4.69) is 6.07 Å². The minimum atomic E-state index is -3.65. The van der Waals surface area contributed by atoms with Crippen molar-refractivity contribution in [3.05, 3.63) is 59.2 Å². The SMILES string of the molecule is CN(C)S(=O)(=O)c1cc(N)cc(C(=O)N2CCc3ccccc3C2)c1. The minimum Gasteiger partial charge on any atom is -0.399 e. The van der Waals surface area contributed by atoms with Gasteiger partial charge >= 0.3 is 0 Å².